The minimum absolute atomic E-state index is 0.106. The maximum absolute atomic E-state index is 14.3. The number of hydrogen-bond donors (Lipinski definition) is 1. The molecule has 8 heteroatoms. The number of benzene rings is 1. The summed E-state index contributed by atoms with van der Waals surface area (Å²) in [6.07, 6.45) is 8.35. The molecule has 0 bridgehead atoms. The number of carbonyl (C=O) groups excluding carboxylic acids is 3. The van der Waals surface area contributed by atoms with Crippen LogP contribution in [0.15, 0.2) is 54.6 Å². The topological polar surface area (TPSA) is 96.4 Å². The molecule has 2 fully saturated rings. The average Bonchev–Trinajstić information content (AvgIpc) is 3.16. The lowest BCUT2D eigenvalue weighted by molar-refractivity contribution is -0.162. The fourth-order valence-electron chi connectivity index (χ4n) is 6.44. The van der Waals surface area contributed by atoms with Crippen LogP contribution in [0, 0.1) is 11.8 Å². The second-order valence-electron chi connectivity index (χ2n) is 10.6. The molecule has 4 aliphatic heterocycles. The summed E-state index contributed by atoms with van der Waals surface area (Å²) in [5.74, 6) is -2.95. The van der Waals surface area contributed by atoms with Crippen molar-refractivity contribution in [1.29, 1.82) is 0 Å². The van der Waals surface area contributed by atoms with Gasteiger partial charge >= 0.3 is 5.97 Å². The summed E-state index contributed by atoms with van der Waals surface area (Å²) in [7, 11) is 0. The van der Waals surface area contributed by atoms with E-state index in [1.54, 1.807) is 11.8 Å². The second kappa shape index (κ2) is 9.16. The molecule has 0 aromatic heterocycles. The number of fused-ring (bicyclic) bond motifs is 2. The zero-order valence-corrected chi connectivity index (χ0v) is 21.0. The number of hydrogen-bond acceptors (Lipinski definition) is 6. The van der Waals surface area contributed by atoms with E-state index in [4.69, 9.17) is 9.47 Å². The molecule has 4 aliphatic rings. The molecule has 1 aromatic rings. The molecule has 1 N–H and O–H groups in total. The second-order valence-corrected chi connectivity index (χ2v) is 10.6. The summed E-state index contributed by atoms with van der Waals surface area (Å²) in [5.41, 5.74) is -1.52. The molecule has 2 amide bonds. The number of amides is 2. The molecule has 1 unspecified atom stereocenters. The Hall–Kier alpha value is -2.97. The number of aliphatic hydroxyl groups excluding tert-OH is 1. The minimum Gasteiger partial charge on any atom is -0.465 e. The summed E-state index contributed by atoms with van der Waals surface area (Å²) in [5, 5.41) is 10.5. The molecule has 0 saturated carbocycles. The molecular weight excluding hydrogens is 460 g/mol. The molecule has 4 heterocycles. The number of nitrogens with zero attached hydrogens (tertiary/aromatic N) is 2. The lowest BCUT2D eigenvalue weighted by atomic mass is 9.74. The first-order valence-electron chi connectivity index (χ1n) is 12.7. The van der Waals surface area contributed by atoms with E-state index in [2.05, 4.69) is 0 Å². The van der Waals surface area contributed by atoms with Crippen LogP contribution < -0.4 is 0 Å². The molecule has 192 valence electrons. The van der Waals surface area contributed by atoms with Crippen LogP contribution in [0.2, 0.25) is 0 Å². The summed E-state index contributed by atoms with van der Waals surface area (Å²) < 4.78 is 12.3. The Morgan fingerprint density at radius 2 is 1.81 bits per heavy atom. The average molecular weight is 495 g/mol. The number of ether oxygens (including phenoxy) is 2. The van der Waals surface area contributed by atoms with Gasteiger partial charge in [0.15, 0.2) is 0 Å². The number of esters is 1. The van der Waals surface area contributed by atoms with Crippen LogP contribution >= 0.6 is 0 Å². The first-order chi connectivity index (χ1) is 17.2. The van der Waals surface area contributed by atoms with E-state index in [1.165, 1.54) is 4.90 Å². The van der Waals surface area contributed by atoms with Crippen LogP contribution in [0.4, 0.5) is 0 Å². The molecule has 0 aliphatic carbocycles. The molecular formula is C28H34N2O6. The van der Waals surface area contributed by atoms with Crippen molar-refractivity contribution in [3.05, 3.63) is 60.2 Å². The Labute approximate surface area is 211 Å². The van der Waals surface area contributed by atoms with Gasteiger partial charge in [-0.05, 0) is 39.2 Å². The van der Waals surface area contributed by atoms with Crippen molar-refractivity contribution >= 4 is 17.8 Å². The molecule has 1 aromatic carbocycles. The van der Waals surface area contributed by atoms with Gasteiger partial charge in [0.2, 0.25) is 11.8 Å². The van der Waals surface area contributed by atoms with Crippen LogP contribution in [0.1, 0.15) is 32.8 Å². The highest BCUT2D eigenvalue weighted by molar-refractivity contribution is 5.99. The molecule has 6 atom stereocenters. The van der Waals surface area contributed by atoms with E-state index in [0.29, 0.717) is 19.4 Å². The summed E-state index contributed by atoms with van der Waals surface area (Å²) in [6, 6.07) is 7.79. The first-order valence-corrected chi connectivity index (χ1v) is 12.7. The van der Waals surface area contributed by atoms with Crippen molar-refractivity contribution in [2.45, 2.75) is 62.9 Å². The third kappa shape index (κ3) is 3.69. The number of carbonyl (C=O) groups is 3. The standard InChI is InChI=1S/C28H34N2O6/c1-18(2)29-14-9-13-28-21(22-26(34)35-15-8-7-12-27(22,3)36-28)24(32)30(23(28)25(29)33)20(17-31)16-19-10-5-4-6-11-19/h4-7,9-13,18,20-23,31H,8,14-17H2,1-3H3/t20-,21+,22-,23?,27+,28+/m1/s1. The highest BCUT2D eigenvalue weighted by Gasteiger charge is 2.75. The van der Waals surface area contributed by atoms with Crippen molar-refractivity contribution in [1.82, 2.24) is 9.80 Å². The first kappa shape index (κ1) is 24.7. The fraction of sp³-hybridized carbons (Fsp3) is 0.536. The molecule has 36 heavy (non-hydrogen) atoms. The minimum atomic E-state index is -1.35. The highest BCUT2D eigenvalue weighted by Crippen LogP contribution is 2.57. The smallest absolute Gasteiger partial charge is 0.313 e. The van der Waals surface area contributed by atoms with Gasteiger partial charge < -0.3 is 24.4 Å². The van der Waals surface area contributed by atoms with E-state index in [0.717, 1.165) is 5.56 Å². The zero-order valence-electron chi connectivity index (χ0n) is 21.0. The van der Waals surface area contributed by atoms with Crippen LogP contribution in [0.3, 0.4) is 0 Å². The van der Waals surface area contributed by atoms with Gasteiger partial charge in [-0.1, -0.05) is 54.6 Å². The largest absolute Gasteiger partial charge is 0.465 e. The Balaban J connectivity index is 1.66. The summed E-state index contributed by atoms with van der Waals surface area (Å²) in [6.45, 7) is 5.93. The molecule has 8 nitrogen and oxygen atoms in total. The highest BCUT2D eigenvalue weighted by atomic mass is 16.6. The van der Waals surface area contributed by atoms with Crippen molar-refractivity contribution in [3.8, 4) is 0 Å². The number of rotatable bonds is 5. The van der Waals surface area contributed by atoms with E-state index in [1.807, 2.05) is 68.5 Å². The van der Waals surface area contributed by atoms with Gasteiger partial charge in [-0.2, -0.15) is 0 Å². The lowest BCUT2D eigenvalue weighted by Gasteiger charge is -2.41. The van der Waals surface area contributed by atoms with Crippen LogP contribution in [0.5, 0.6) is 0 Å². The molecule has 0 radical (unpaired) electrons. The van der Waals surface area contributed by atoms with E-state index >= 15 is 0 Å². The zero-order chi connectivity index (χ0) is 25.7. The van der Waals surface area contributed by atoms with E-state index in [-0.39, 0.29) is 31.1 Å². The van der Waals surface area contributed by atoms with Gasteiger partial charge in [0.1, 0.15) is 17.6 Å². The number of likely N-dealkylation sites (tertiary alicyclic amines) is 1. The van der Waals surface area contributed by atoms with Gasteiger partial charge in [-0.15, -0.1) is 0 Å². The normalized spacial score (nSPS) is 34.6. The Bertz CT molecular complexity index is 1100. The van der Waals surface area contributed by atoms with Gasteiger partial charge in [0.25, 0.3) is 0 Å². The van der Waals surface area contributed by atoms with Crippen molar-refractivity contribution in [2.75, 3.05) is 19.8 Å². The van der Waals surface area contributed by atoms with Crippen molar-refractivity contribution in [3.63, 3.8) is 0 Å². The molecule has 5 rings (SSSR count). The fourth-order valence-corrected chi connectivity index (χ4v) is 6.44. The quantitative estimate of drug-likeness (QED) is 0.496. The number of aliphatic hydroxyl groups is 1. The van der Waals surface area contributed by atoms with Gasteiger partial charge in [0.05, 0.1) is 30.8 Å². The number of cyclic esters (lactones) is 1. The van der Waals surface area contributed by atoms with Crippen LogP contribution in [0.25, 0.3) is 0 Å². The van der Waals surface area contributed by atoms with E-state index in [9.17, 15) is 19.5 Å². The van der Waals surface area contributed by atoms with E-state index < -0.39 is 41.1 Å². The molecule has 1 spiro atoms. The predicted octanol–water partition coefficient (Wildman–Crippen LogP) is 1.87. The van der Waals surface area contributed by atoms with Gasteiger partial charge in [-0.3, -0.25) is 14.4 Å². The van der Waals surface area contributed by atoms with Crippen LogP contribution in [-0.2, 0) is 30.3 Å². The Morgan fingerprint density at radius 3 is 2.50 bits per heavy atom. The third-order valence-electron chi connectivity index (χ3n) is 8.03. The molecule has 2 saturated heterocycles. The summed E-state index contributed by atoms with van der Waals surface area (Å²) >= 11 is 0. The Kier molecular flexibility index (Phi) is 6.29. The van der Waals surface area contributed by atoms with Crippen molar-refractivity contribution in [2.24, 2.45) is 11.8 Å². The Morgan fingerprint density at radius 1 is 1.06 bits per heavy atom. The third-order valence-corrected chi connectivity index (χ3v) is 8.03. The monoisotopic (exact) mass is 494 g/mol. The maximum atomic E-state index is 14.3. The van der Waals surface area contributed by atoms with Gasteiger partial charge in [-0.25, -0.2) is 0 Å². The summed E-state index contributed by atoms with van der Waals surface area (Å²) in [4.78, 5) is 45.0. The van der Waals surface area contributed by atoms with Crippen LogP contribution in [-0.4, -0.2) is 81.8 Å². The van der Waals surface area contributed by atoms with Crippen molar-refractivity contribution < 1.29 is 29.0 Å². The SMILES string of the molecule is CC(C)N1CC=C[C@]23O[C@@]4(C)C=CCCOC(=O)[C@H]4[C@H]2C(=O)N([C@@H](CO)Cc2ccccc2)C3C1=O. The lowest BCUT2D eigenvalue weighted by Crippen LogP contribution is -2.59. The van der Waals surface area contributed by atoms with Gasteiger partial charge in [0, 0.05) is 12.6 Å². The maximum Gasteiger partial charge on any atom is 0.313 e. The predicted molar refractivity (Wildman–Crippen MR) is 132 cm³/mol.